The van der Waals surface area contributed by atoms with Crippen molar-refractivity contribution in [3.8, 4) is 5.75 Å². The highest BCUT2D eigenvalue weighted by molar-refractivity contribution is 14.0. The molecule has 0 spiro atoms. The number of halogens is 1. The normalized spacial score (nSPS) is 11.0. The molecular weight excluding hydrogens is 479 g/mol. The van der Waals surface area contributed by atoms with Crippen molar-refractivity contribution in [3.63, 3.8) is 0 Å². The van der Waals surface area contributed by atoms with E-state index in [1.165, 1.54) is 0 Å². The molecule has 2 rings (SSSR count). The molecule has 0 aliphatic heterocycles. The minimum absolute atomic E-state index is 0. The maximum absolute atomic E-state index is 5.91. The molecule has 29 heavy (non-hydrogen) atoms. The van der Waals surface area contributed by atoms with E-state index in [9.17, 15) is 0 Å². The Morgan fingerprint density at radius 1 is 1.07 bits per heavy atom. The van der Waals surface area contributed by atoms with E-state index < -0.39 is 0 Å². The second-order valence-corrected chi connectivity index (χ2v) is 6.48. The van der Waals surface area contributed by atoms with Crippen molar-refractivity contribution in [2.24, 2.45) is 4.99 Å². The Labute approximate surface area is 191 Å². The van der Waals surface area contributed by atoms with E-state index in [0.29, 0.717) is 32.9 Å². The van der Waals surface area contributed by atoms with Crippen LogP contribution in [0.2, 0.25) is 0 Å². The summed E-state index contributed by atoms with van der Waals surface area (Å²) in [5, 5.41) is 6.62. The summed E-state index contributed by atoms with van der Waals surface area (Å²) in [4.78, 5) is 9.23. The highest BCUT2D eigenvalue weighted by Crippen LogP contribution is 2.21. The first-order chi connectivity index (χ1) is 13.6. The van der Waals surface area contributed by atoms with Crippen LogP contribution in [0.3, 0.4) is 0 Å². The molecule has 160 valence electrons. The van der Waals surface area contributed by atoms with Crippen LogP contribution >= 0.6 is 24.0 Å². The van der Waals surface area contributed by atoms with Crippen LogP contribution in [-0.4, -0.2) is 37.3 Å². The number of pyridine rings is 1. The first-order valence-corrected chi connectivity index (χ1v) is 9.87. The number of aryl methyl sites for hydroxylation is 2. The highest BCUT2D eigenvalue weighted by Gasteiger charge is 2.06. The summed E-state index contributed by atoms with van der Waals surface area (Å²) in [5.74, 6) is 1.62. The van der Waals surface area contributed by atoms with Crippen molar-refractivity contribution in [1.29, 1.82) is 0 Å². The van der Waals surface area contributed by atoms with Crippen molar-refractivity contribution < 1.29 is 9.47 Å². The van der Waals surface area contributed by atoms with Gasteiger partial charge in [0.2, 0.25) is 0 Å². The summed E-state index contributed by atoms with van der Waals surface area (Å²) >= 11 is 0. The van der Waals surface area contributed by atoms with Crippen LogP contribution in [0.4, 0.5) is 0 Å². The minimum atomic E-state index is 0. The monoisotopic (exact) mass is 512 g/mol. The molecule has 0 amide bonds. The van der Waals surface area contributed by atoms with Gasteiger partial charge >= 0.3 is 0 Å². The van der Waals surface area contributed by atoms with E-state index in [1.807, 2.05) is 38.1 Å². The maximum Gasteiger partial charge on any atom is 0.191 e. The standard InChI is InChI=1S/C22H32N4O2.HI/c1-5-23-22(25-16-20-9-7-8-18(4)26-20)24-15-19-11-10-17(3)14-21(19)28-13-12-27-6-2;/h7-11,14H,5-6,12-13,15-16H2,1-4H3,(H2,23,24,25);1H. The molecule has 0 radical (unpaired) electrons. The SMILES string of the molecule is CCNC(=NCc1ccc(C)cc1OCCOCC)NCc1cccc(C)n1.I. The Kier molecular flexibility index (Phi) is 12.3. The van der Waals surface area contributed by atoms with Gasteiger partial charge in [0.25, 0.3) is 0 Å². The van der Waals surface area contributed by atoms with Gasteiger partial charge in [-0.15, -0.1) is 24.0 Å². The van der Waals surface area contributed by atoms with Gasteiger partial charge in [-0.1, -0.05) is 18.2 Å². The molecule has 0 fully saturated rings. The Hall–Kier alpha value is -1.87. The molecule has 1 heterocycles. The second-order valence-electron chi connectivity index (χ2n) is 6.48. The van der Waals surface area contributed by atoms with Crippen molar-refractivity contribution in [2.75, 3.05) is 26.4 Å². The molecule has 1 aromatic heterocycles. The molecule has 0 saturated carbocycles. The van der Waals surface area contributed by atoms with E-state index in [1.54, 1.807) is 0 Å². The third-order valence-electron chi connectivity index (χ3n) is 4.05. The smallest absolute Gasteiger partial charge is 0.191 e. The van der Waals surface area contributed by atoms with Crippen molar-refractivity contribution in [3.05, 3.63) is 58.9 Å². The number of hydrogen-bond acceptors (Lipinski definition) is 4. The second kappa shape index (κ2) is 14.2. The summed E-state index contributed by atoms with van der Waals surface area (Å²) in [5.41, 5.74) is 4.21. The first-order valence-electron chi connectivity index (χ1n) is 9.87. The number of aromatic nitrogens is 1. The van der Waals surface area contributed by atoms with Gasteiger partial charge in [-0.3, -0.25) is 4.98 Å². The number of hydrogen-bond donors (Lipinski definition) is 2. The minimum Gasteiger partial charge on any atom is -0.491 e. The largest absolute Gasteiger partial charge is 0.491 e. The van der Waals surface area contributed by atoms with Gasteiger partial charge in [0.05, 0.1) is 25.4 Å². The average molecular weight is 512 g/mol. The molecule has 1 aromatic carbocycles. The van der Waals surface area contributed by atoms with Crippen molar-refractivity contribution in [2.45, 2.75) is 40.8 Å². The van der Waals surface area contributed by atoms with Gasteiger partial charge in [0, 0.05) is 24.4 Å². The number of ether oxygens (including phenoxy) is 2. The number of rotatable bonds is 10. The van der Waals surface area contributed by atoms with Gasteiger partial charge in [0.1, 0.15) is 12.4 Å². The predicted octanol–water partition coefficient (Wildman–Crippen LogP) is 3.99. The lowest BCUT2D eigenvalue weighted by atomic mass is 10.1. The van der Waals surface area contributed by atoms with E-state index in [-0.39, 0.29) is 24.0 Å². The molecule has 7 heteroatoms. The number of nitrogens with one attached hydrogen (secondary N) is 2. The zero-order chi connectivity index (χ0) is 20.2. The molecule has 0 bridgehead atoms. The Morgan fingerprint density at radius 3 is 2.62 bits per heavy atom. The first kappa shape index (κ1) is 25.2. The lowest BCUT2D eigenvalue weighted by Gasteiger charge is -2.14. The third kappa shape index (κ3) is 9.45. The van der Waals surface area contributed by atoms with Gasteiger partial charge < -0.3 is 20.1 Å². The summed E-state index contributed by atoms with van der Waals surface area (Å²) in [6.07, 6.45) is 0. The molecule has 0 aliphatic carbocycles. The van der Waals surface area contributed by atoms with Crippen LogP contribution in [0.5, 0.6) is 5.75 Å². The average Bonchev–Trinajstić information content (AvgIpc) is 2.68. The molecule has 0 saturated heterocycles. The van der Waals surface area contributed by atoms with Gasteiger partial charge in [-0.05, 0) is 51.5 Å². The van der Waals surface area contributed by atoms with Crippen LogP contribution in [0, 0.1) is 13.8 Å². The van der Waals surface area contributed by atoms with E-state index in [0.717, 1.165) is 40.8 Å². The van der Waals surface area contributed by atoms with Crippen LogP contribution in [0.25, 0.3) is 0 Å². The van der Waals surface area contributed by atoms with E-state index in [4.69, 9.17) is 14.5 Å². The molecular formula is C22H33IN4O2. The fourth-order valence-electron chi connectivity index (χ4n) is 2.66. The summed E-state index contributed by atoms with van der Waals surface area (Å²) in [6, 6.07) is 12.2. The topological polar surface area (TPSA) is 67.8 Å². The van der Waals surface area contributed by atoms with Crippen molar-refractivity contribution in [1.82, 2.24) is 15.6 Å². The van der Waals surface area contributed by atoms with E-state index >= 15 is 0 Å². The lowest BCUT2D eigenvalue weighted by Crippen LogP contribution is -2.37. The molecule has 6 nitrogen and oxygen atoms in total. The predicted molar refractivity (Wildman–Crippen MR) is 129 cm³/mol. The van der Waals surface area contributed by atoms with Crippen molar-refractivity contribution >= 4 is 29.9 Å². The Morgan fingerprint density at radius 2 is 1.90 bits per heavy atom. The Bertz CT molecular complexity index is 768. The van der Waals surface area contributed by atoms with Gasteiger partial charge in [-0.2, -0.15) is 0 Å². The van der Waals surface area contributed by atoms with E-state index in [2.05, 4.69) is 41.6 Å². The van der Waals surface area contributed by atoms with Crippen LogP contribution in [0.1, 0.15) is 36.4 Å². The quantitative estimate of drug-likeness (QED) is 0.218. The number of benzene rings is 1. The summed E-state index contributed by atoms with van der Waals surface area (Å²) in [6.45, 7) is 11.8. The number of nitrogens with zero attached hydrogens (tertiary/aromatic N) is 2. The summed E-state index contributed by atoms with van der Waals surface area (Å²) < 4.78 is 11.3. The zero-order valence-electron chi connectivity index (χ0n) is 17.8. The fourth-order valence-corrected chi connectivity index (χ4v) is 2.66. The lowest BCUT2D eigenvalue weighted by molar-refractivity contribution is 0.110. The molecule has 0 atom stereocenters. The molecule has 0 unspecified atom stereocenters. The van der Waals surface area contributed by atoms with Crippen LogP contribution < -0.4 is 15.4 Å². The van der Waals surface area contributed by atoms with Crippen LogP contribution in [0.15, 0.2) is 41.4 Å². The summed E-state index contributed by atoms with van der Waals surface area (Å²) in [7, 11) is 0. The number of guanidine groups is 1. The molecule has 0 aliphatic rings. The highest BCUT2D eigenvalue weighted by atomic mass is 127. The third-order valence-corrected chi connectivity index (χ3v) is 4.05. The fraction of sp³-hybridized carbons (Fsp3) is 0.455. The Balaban J connectivity index is 0.00000420. The maximum atomic E-state index is 5.91. The molecule has 2 aromatic rings. The van der Waals surface area contributed by atoms with Gasteiger partial charge in [0.15, 0.2) is 5.96 Å². The van der Waals surface area contributed by atoms with Gasteiger partial charge in [-0.25, -0.2) is 4.99 Å². The zero-order valence-corrected chi connectivity index (χ0v) is 20.2. The number of aliphatic imine (C=N–C) groups is 1. The molecule has 2 N–H and O–H groups in total. The van der Waals surface area contributed by atoms with Crippen LogP contribution in [-0.2, 0) is 17.8 Å².